The Balaban J connectivity index is 2.24. The zero-order valence-electron chi connectivity index (χ0n) is 15.9. The van der Waals surface area contributed by atoms with Crippen LogP contribution in [0.4, 0.5) is 24.5 Å². The lowest BCUT2D eigenvalue weighted by molar-refractivity contribution is -0.137. The number of nitrogens with zero attached hydrogens (tertiary/aromatic N) is 4. The number of thioether (sulfide) groups is 1. The molecule has 0 spiro atoms. The van der Waals surface area contributed by atoms with Crippen LogP contribution in [0.5, 0.6) is 0 Å². The first-order chi connectivity index (χ1) is 13.7. The Labute approximate surface area is 169 Å². The molecule has 0 aliphatic heterocycles. The van der Waals surface area contributed by atoms with Crippen molar-refractivity contribution in [3.05, 3.63) is 30.0 Å². The van der Waals surface area contributed by atoms with E-state index in [9.17, 15) is 23.6 Å². The number of imidazole rings is 1. The standard InChI is InChI=1S/C18H20F3N5O2S/c1-4-22-12-8-15(29-5-2)11(7-14(12)26(27)28)16-24-13-6-10(18(19,20)21)9-23-17(13)25(16)3/h6-9,22,27-28H,4-5H2,1-3H3. The molecule has 3 aromatic rings. The van der Waals surface area contributed by atoms with Gasteiger partial charge >= 0.3 is 6.18 Å². The van der Waals surface area contributed by atoms with E-state index in [1.54, 1.807) is 17.7 Å². The highest BCUT2D eigenvalue weighted by Gasteiger charge is 2.32. The number of fused-ring (bicyclic) bond motifs is 1. The second-order valence-electron chi connectivity index (χ2n) is 6.18. The molecule has 0 bridgehead atoms. The van der Waals surface area contributed by atoms with Crippen LogP contribution >= 0.6 is 11.8 Å². The number of nitrogens with one attached hydrogen (secondary N) is 1. The smallest absolute Gasteiger partial charge is 0.383 e. The molecule has 0 amide bonds. The molecule has 0 unspecified atom stereocenters. The summed E-state index contributed by atoms with van der Waals surface area (Å²) in [6.45, 7) is 4.40. The van der Waals surface area contributed by atoms with Gasteiger partial charge in [-0.1, -0.05) is 6.92 Å². The van der Waals surface area contributed by atoms with Crippen LogP contribution in [0.3, 0.4) is 0 Å². The van der Waals surface area contributed by atoms with E-state index < -0.39 is 11.7 Å². The molecule has 0 saturated heterocycles. The van der Waals surface area contributed by atoms with Crippen molar-refractivity contribution < 1.29 is 23.6 Å². The average molecular weight is 427 g/mol. The fraction of sp³-hybridized carbons (Fsp3) is 0.333. The zero-order chi connectivity index (χ0) is 21.3. The zero-order valence-corrected chi connectivity index (χ0v) is 16.8. The molecule has 0 radical (unpaired) electrons. The maximum Gasteiger partial charge on any atom is 0.417 e. The topological polar surface area (TPSA) is 86.4 Å². The number of alkyl halides is 3. The molecule has 0 fully saturated rings. The number of anilines is 2. The van der Waals surface area contributed by atoms with Gasteiger partial charge in [0.25, 0.3) is 0 Å². The lowest BCUT2D eigenvalue weighted by atomic mass is 10.1. The summed E-state index contributed by atoms with van der Waals surface area (Å²) in [5, 5.41) is 22.3. The molecular weight excluding hydrogens is 407 g/mol. The van der Waals surface area contributed by atoms with Crippen molar-refractivity contribution in [3.8, 4) is 11.4 Å². The van der Waals surface area contributed by atoms with Gasteiger partial charge in [0.1, 0.15) is 17.0 Å². The molecular formula is C18H20F3N5O2S. The summed E-state index contributed by atoms with van der Waals surface area (Å²) in [6, 6.07) is 4.24. The summed E-state index contributed by atoms with van der Waals surface area (Å²) in [7, 11) is 1.65. The normalized spacial score (nSPS) is 11.9. The third-order valence-corrected chi connectivity index (χ3v) is 5.20. The highest BCUT2D eigenvalue weighted by atomic mass is 32.2. The van der Waals surface area contributed by atoms with E-state index in [1.807, 2.05) is 13.8 Å². The van der Waals surface area contributed by atoms with Crippen LogP contribution in [0, 0.1) is 0 Å². The number of aromatic nitrogens is 3. The third kappa shape index (κ3) is 4.11. The SMILES string of the molecule is CCNc1cc(SCC)c(-c2nc3cc(C(F)(F)F)cnc3n2C)cc1N(O)O. The predicted molar refractivity (Wildman–Crippen MR) is 106 cm³/mol. The summed E-state index contributed by atoms with van der Waals surface area (Å²) in [6.07, 6.45) is -3.74. The fourth-order valence-electron chi connectivity index (χ4n) is 2.99. The van der Waals surface area contributed by atoms with Crippen LogP contribution in [0.1, 0.15) is 19.4 Å². The monoisotopic (exact) mass is 427 g/mol. The van der Waals surface area contributed by atoms with Crippen molar-refractivity contribution in [2.75, 3.05) is 22.8 Å². The Morgan fingerprint density at radius 3 is 2.52 bits per heavy atom. The summed E-state index contributed by atoms with van der Waals surface area (Å²) < 4.78 is 40.7. The van der Waals surface area contributed by atoms with Crippen LogP contribution in [-0.2, 0) is 13.2 Å². The molecule has 2 aromatic heterocycles. The molecule has 3 rings (SSSR count). The average Bonchev–Trinajstić information content (AvgIpc) is 2.97. The molecule has 29 heavy (non-hydrogen) atoms. The fourth-order valence-corrected chi connectivity index (χ4v) is 3.81. The van der Waals surface area contributed by atoms with Crippen LogP contribution in [0.25, 0.3) is 22.6 Å². The maximum absolute atomic E-state index is 13.0. The molecule has 1 aromatic carbocycles. The molecule has 0 aliphatic rings. The highest BCUT2D eigenvalue weighted by molar-refractivity contribution is 7.99. The van der Waals surface area contributed by atoms with Crippen LogP contribution in [0.2, 0.25) is 0 Å². The summed E-state index contributed by atoms with van der Waals surface area (Å²) in [4.78, 5) is 9.08. The second-order valence-corrected chi connectivity index (χ2v) is 7.48. The molecule has 2 heterocycles. The van der Waals surface area contributed by atoms with Crippen LogP contribution in [-0.4, -0.2) is 37.2 Å². The molecule has 0 aliphatic carbocycles. The predicted octanol–water partition coefficient (Wildman–Crippen LogP) is 4.78. The first-order valence-electron chi connectivity index (χ1n) is 8.80. The Bertz CT molecular complexity index is 1040. The minimum absolute atomic E-state index is 0.00451. The lowest BCUT2D eigenvalue weighted by Gasteiger charge is -2.18. The van der Waals surface area contributed by atoms with Gasteiger partial charge in [-0.05, 0) is 30.9 Å². The van der Waals surface area contributed by atoms with Gasteiger partial charge in [-0.15, -0.1) is 17.0 Å². The number of hydrogen-bond donors (Lipinski definition) is 3. The summed E-state index contributed by atoms with van der Waals surface area (Å²) in [5.41, 5.74) is 0.676. The van der Waals surface area contributed by atoms with Gasteiger partial charge < -0.3 is 9.88 Å². The van der Waals surface area contributed by atoms with E-state index in [0.717, 1.165) is 22.9 Å². The molecule has 0 atom stereocenters. The van der Waals surface area contributed by atoms with Crippen molar-refractivity contribution >= 4 is 34.3 Å². The number of pyridine rings is 1. The summed E-state index contributed by atoms with van der Waals surface area (Å²) in [5.74, 6) is 1.11. The van der Waals surface area contributed by atoms with Gasteiger partial charge in [0.15, 0.2) is 5.65 Å². The van der Waals surface area contributed by atoms with Gasteiger partial charge in [-0.3, -0.25) is 10.4 Å². The number of halogens is 3. The van der Waals surface area contributed by atoms with Crippen molar-refractivity contribution in [2.45, 2.75) is 24.9 Å². The van der Waals surface area contributed by atoms with Crippen molar-refractivity contribution in [1.82, 2.24) is 14.5 Å². The number of aryl methyl sites for hydroxylation is 1. The van der Waals surface area contributed by atoms with Crippen molar-refractivity contribution in [3.63, 3.8) is 0 Å². The minimum atomic E-state index is -4.52. The molecule has 3 N–H and O–H groups in total. The van der Waals surface area contributed by atoms with Gasteiger partial charge in [0.2, 0.25) is 0 Å². The second kappa shape index (κ2) is 8.09. The van der Waals surface area contributed by atoms with Crippen LogP contribution < -0.4 is 10.5 Å². The Kier molecular flexibility index (Phi) is 5.92. The first kappa shape index (κ1) is 21.2. The molecule has 156 valence electrons. The summed E-state index contributed by atoms with van der Waals surface area (Å²) >= 11 is 1.51. The van der Waals surface area contributed by atoms with E-state index in [0.29, 0.717) is 29.3 Å². The Hall–Kier alpha value is -2.50. The van der Waals surface area contributed by atoms with Gasteiger partial charge in [-0.25, -0.2) is 9.97 Å². The number of benzene rings is 1. The Morgan fingerprint density at radius 1 is 1.21 bits per heavy atom. The van der Waals surface area contributed by atoms with Gasteiger partial charge in [0, 0.05) is 30.2 Å². The maximum atomic E-state index is 13.0. The Morgan fingerprint density at radius 2 is 1.93 bits per heavy atom. The van der Waals surface area contributed by atoms with Gasteiger partial charge in [0.05, 0.1) is 11.3 Å². The molecule has 11 heteroatoms. The van der Waals surface area contributed by atoms with E-state index in [2.05, 4.69) is 15.3 Å². The van der Waals surface area contributed by atoms with E-state index in [4.69, 9.17) is 0 Å². The third-order valence-electron chi connectivity index (χ3n) is 4.26. The first-order valence-corrected chi connectivity index (χ1v) is 9.78. The highest BCUT2D eigenvalue weighted by Crippen LogP contribution is 2.40. The van der Waals surface area contributed by atoms with Crippen molar-refractivity contribution in [1.29, 1.82) is 0 Å². The largest absolute Gasteiger partial charge is 0.417 e. The van der Waals surface area contributed by atoms with Crippen molar-refractivity contribution in [2.24, 2.45) is 7.05 Å². The quantitative estimate of drug-likeness (QED) is 0.385. The van der Waals surface area contributed by atoms with Crippen LogP contribution in [0.15, 0.2) is 29.3 Å². The number of rotatable bonds is 6. The molecule has 0 saturated carbocycles. The minimum Gasteiger partial charge on any atom is -0.383 e. The van der Waals surface area contributed by atoms with E-state index >= 15 is 0 Å². The number of hydrogen-bond acceptors (Lipinski definition) is 7. The van der Waals surface area contributed by atoms with E-state index in [1.165, 1.54) is 17.8 Å². The van der Waals surface area contributed by atoms with E-state index in [-0.39, 0.29) is 16.4 Å². The molecule has 7 nitrogen and oxygen atoms in total. The van der Waals surface area contributed by atoms with Gasteiger partial charge in [-0.2, -0.15) is 13.2 Å². The lowest BCUT2D eigenvalue weighted by Crippen LogP contribution is -2.14.